The predicted octanol–water partition coefficient (Wildman–Crippen LogP) is 1.78. The van der Waals surface area contributed by atoms with Crippen LogP contribution in [0, 0.1) is 0 Å². The molecule has 146 valence electrons. The number of aromatic hydroxyl groups is 1. The summed E-state index contributed by atoms with van der Waals surface area (Å²) in [6.07, 6.45) is 2.09. The number of rotatable bonds is 5. The zero-order valence-corrected chi connectivity index (χ0v) is 16.8. The molecule has 1 unspecified atom stereocenters. The number of aliphatic carboxylic acids is 1. The van der Waals surface area contributed by atoms with Gasteiger partial charge in [-0.05, 0) is 44.5 Å². The summed E-state index contributed by atoms with van der Waals surface area (Å²) in [6.45, 7) is 5.19. The summed E-state index contributed by atoms with van der Waals surface area (Å²) >= 11 is 0. The molecule has 1 aromatic heterocycles. The molecular formula is C17H19FmN2O6-. The van der Waals surface area contributed by atoms with Crippen molar-refractivity contribution in [3.05, 3.63) is 30.0 Å². The summed E-state index contributed by atoms with van der Waals surface area (Å²) < 4.78 is 6.59. The molecule has 1 aromatic carbocycles. The second-order valence-electron chi connectivity index (χ2n) is 6.55. The number of carbonyl (C=O) groups is 2. The van der Waals surface area contributed by atoms with Crippen LogP contribution in [-0.4, -0.2) is 44.9 Å². The molecule has 1 heterocycles. The number of carboxylic acid groups (broad SMARTS) is 1. The average Bonchev–Trinajstić information content (AvgIpc) is 2.83. The Morgan fingerprint density at radius 1 is 1.35 bits per heavy atom. The van der Waals surface area contributed by atoms with Crippen molar-refractivity contribution in [2.24, 2.45) is 0 Å². The van der Waals surface area contributed by atoms with Gasteiger partial charge in [-0.2, -0.15) is 6.41 Å². The molecule has 0 radical (unpaired) electrons. The summed E-state index contributed by atoms with van der Waals surface area (Å²) in [6, 6.07) is 3.17. The van der Waals surface area contributed by atoms with Crippen LogP contribution < -0.4 is 5.32 Å². The third kappa shape index (κ3) is 4.28. The van der Waals surface area contributed by atoms with Gasteiger partial charge < -0.3 is 25.1 Å². The van der Waals surface area contributed by atoms with Crippen molar-refractivity contribution in [1.29, 1.82) is 0 Å². The van der Waals surface area contributed by atoms with Crippen molar-refractivity contribution < 1.29 is 29.3 Å². The molecular weight excluding hydrogens is 585 g/mol. The fourth-order valence-electron chi connectivity index (χ4n) is 2.40. The average molecular weight is 604 g/mol. The minimum absolute atomic E-state index is 0. The summed E-state index contributed by atoms with van der Waals surface area (Å²) in [5, 5.41) is 21.5. The molecule has 1 atom stereocenters. The molecule has 0 saturated heterocycles. The van der Waals surface area contributed by atoms with E-state index in [-0.39, 0.29) is 12.2 Å². The number of amides is 1. The molecule has 26 heavy (non-hydrogen) atoms. The van der Waals surface area contributed by atoms with Gasteiger partial charge in [-0.1, -0.05) is 0 Å². The summed E-state index contributed by atoms with van der Waals surface area (Å²) in [5.41, 5.74) is 0.218. The van der Waals surface area contributed by atoms with Crippen molar-refractivity contribution in [2.75, 3.05) is 0 Å². The summed E-state index contributed by atoms with van der Waals surface area (Å²) in [5.74, 6) is -1.26. The fraction of sp³-hybridized carbons (Fsp3) is 0.353. The first-order chi connectivity index (χ1) is 11.6. The number of carboxylic acids is 1. The van der Waals surface area contributed by atoms with Crippen molar-refractivity contribution in [1.82, 2.24) is 9.88 Å². The van der Waals surface area contributed by atoms with Crippen molar-refractivity contribution in [3.8, 4) is 5.75 Å². The van der Waals surface area contributed by atoms with Gasteiger partial charge in [0.25, 0.3) is 0 Å². The van der Waals surface area contributed by atoms with E-state index in [2.05, 4.69) is 5.32 Å². The van der Waals surface area contributed by atoms with Gasteiger partial charge in [-0.15, -0.1) is 0 Å². The molecule has 0 aliphatic heterocycles. The molecule has 9 heteroatoms. The van der Waals surface area contributed by atoms with Crippen LogP contribution in [0.2, 0.25) is 0 Å². The number of hydrogen-bond acceptors (Lipinski definition) is 5. The van der Waals surface area contributed by atoms with Gasteiger partial charge in [0, 0.05) is 18.0 Å². The maximum absolute atomic E-state index is 12.4. The van der Waals surface area contributed by atoms with Crippen molar-refractivity contribution >= 4 is 29.4 Å². The van der Waals surface area contributed by atoms with E-state index in [0.717, 1.165) is 0 Å². The summed E-state index contributed by atoms with van der Waals surface area (Å²) in [4.78, 5) is 34.1. The number of benzene rings is 1. The Morgan fingerprint density at radius 3 is 2.54 bits per heavy atom. The number of ether oxygens (including phenoxy) is 1. The molecule has 0 aliphatic rings. The Kier molecular flexibility index (Phi) is 5.58. The Hall–Kier alpha value is -4.03. The van der Waals surface area contributed by atoms with Crippen molar-refractivity contribution in [3.63, 3.8) is 0 Å². The molecule has 8 nitrogen and oxygen atoms in total. The molecule has 0 fully saturated rings. The van der Waals surface area contributed by atoms with Crippen LogP contribution in [-0.2, 0) is 20.7 Å². The van der Waals surface area contributed by atoms with Gasteiger partial charge in [0.05, 0.1) is 5.52 Å². The second-order valence-corrected chi connectivity index (χ2v) is 6.55. The van der Waals surface area contributed by atoms with E-state index in [0.29, 0.717) is 16.5 Å². The standard InChI is InChI=1S/C17H19N2O6.Fm/c1-17(2,3)25-16(24)19-8-10(6-13(15(22)23)18-9-20)12-7-11(21)4-5-14(12)19;/h4-5,7-8,13,21H,6H2,1-3H3,(H,18,20)(H,22,23);/q-1;. The first kappa shape index (κ1) is 20.0. The van der Waals surface area contributed by atoms with E-state index >= 15 is 0 Å². The molecule has 2 aromatic rings. The number of nitrogens with one attached hydrogen (secondary N) is 1. The molecule has 3 N–H and O–H groups in total. The van der Waals surface area contributed by atoms with E-state index in [9.17, 15) is 24.6 Å². The Bertz CT molecular complexity index is 825. The first-order valence-corrected chi connectivity index (χ1v) is 7.54. The minimum atomic E-state index is -1.23. The van der Waals surface area contributed by atoms with Crippen LogP contribution >= 0.6 is 0 Å². The van der Waals surface area contributed by atoms with Crippen LogP contribution in [0.15, 0.2) is 24.4 Å². The Morgan fingerprint density at radius 2 is 2.00 bits per heavy atom. The quantitative estimate of drug-likeness (QED) is 0.354. The molecule has 0 spiro atoms. The van der Waals surface area contributed by atoms with Crippen molar-refractivity contribution in [2.45, 2.75) is 38.8 Å². The zero-order valence-electron chi connectivity index (χ0n) is 14.4. The number of nitrogens with zero attached hydrogens (tertiary/aromatic N) is 1. The van der Waals surface area contributed by atoms with Gasteiger partial charge in [0.2, 0.25) is 0 Å². The Balaban J connectivity index is 0.00000338. The second kappa shape index (κ2) is 7.25. The minimum Gasteiger partial charge on any atom is -0.520 e. The molecule has 0 aliphatic carbocycles. The van der Waals surface area contributed by atoms with E-state index in [4.69, 9.17) is 4.74 Å². The number of aromatic nitrogens is 1. The SMILES string of the molecule is CC(C)(C)OC(=O)n1cc(CC(N[C-]=O)C(=O)O)c2cc(O)ccc21.[Fm]. The number of fused-ring (bicyclic) bond motifs is 1. The van der Waals surface area contributed by atoms with E-state index in [1.54, 1.807) is 20.8 Å². The predicted molar refractivity (Wildman–Crippen MR) is 89.2 cm³/mol. The van der Waals surface area contributed by atoms with Gasteiger partial charge in [0.1, 0.15) is 17.4 Å². The third-order valence-electron chi connectivity index (χ3n) is 3.42. The van der Waals surface area contributed by atoms with Crippen LogP contribution in [0.25, 0.3) is 10.9 Å². The first-order valence-electron chi connectivity index (χ1n) is 7.54. The molecule has 2 rings (SSSR count). The third-order valence-corrected chi connectivity index (χ3v) is 3.42. The Labute approximate surface area is 144 Å². The monoisotopic (exact) mass is 604 g/mol. The van der Waals surface area contributed by atoms with Crippen LogP contribution in [0.4, 0.5) is 4.79 Å². The van der Waals surface area contributed by atoms with Gasteiger partial charge >= 0.3 is 12.1 Å². The molecule has 1 amide bonds. The fourth-order valence-corrected chi connectivity index (χ4v) is 2.40. The molecule has 0 bridgehead atoms. The van der Waals surface area contributed by atoms with Crippen LogP contribution in [0.1, 0.15) is 26.3 Å². The largest absolute Gasteiger partial charge is 0.520 e. The number of hydrogen-bond donors (Lipinski definition) is 3. The maximum atomic E-state index is 12.4. The van der Waals surface area contributed by atoms with Crippen LogP contribution in [0.3, 0.4) is 0 Å². The van der Waals surface area contributed by atoms with Crippen LogP contribution in [0.5, 0.6) is 5.75 Å². The maximum Gasteiger partial charge on any atom is 0.419 e. The zero-order chi connectivity index (χ0) is 18.8. The number of phenols is 1. The van der Waals surface area contributed by atoms with E-state index in [1.165, 1.54) is 35.4 Å². The van der Waals surface area contributed by atoms with Gasteiger partial charge in [-0.3, -0.25) is 9.36 Å². The summed E-state index contributed by atoms with van der Waals surface area (Å²) in [7, 11) is 0. The van der Waals surface area contributed by atoms with Gasteiger partial charge in [0.15, 0.2) is 0 Å². The normalized spacial score (nSPS) is 12.1. The van der Waals surface area contributed by atoms with Gasteiger partial charge in [-0.25, -0.2) is 4.79 Å². The number of phenolic OH excluding ortho intramolecular Hbond substituents is 1. The smallest absolute Gasteiger partial charge is 0.419 e. The topological polar surface area (TPSA) is 118 Å². The molecule has 0 saturated carbocycles. The van der Waals surface area contributed by atoms with E-state index < -0.39 is 23.7 Å². The van der Waals surface area contributed by atoms with E-state index in [1.807, 2.05) is 0 Å². The number of carbonyl (C=O) groups excluding carboxylic acids is 2.